The quantitative estimate of drug-likeness (QED) is 0.760. The third-order valence-electron chi connectivity index (χ3n) is 5.65. The van der Waals surface area contributed by atoms with Crippen molar-refractivity contribution in [1.82, 2.24) is 4.98 Å². The second-order valence-electron chi connectivity index (χ2n) is 7.34. The normalized spacial score (nSPS) is 29.4. The van der Waals surface area contributed by atoms with Crippen LogP contribution < -0.4 is 4.74 Å². The molecule has 150 valence electrons. The first-order valence-corrected chi connectivity index (χ1v) is 10.3. The zero-order valence-corrected chi connectivity index (χ0v) is 16.0. The average molecular weight is 407 g/mol. The molecule has 2 N–H and O–H groups in total. The number of carboxylic acids is 1. The second kappa shape index (κ2) is 8.14. The Balaban J connectivity index is 1.33. The van der Waals surface area contributed by atoms with Crippen LogP contribution in [0.4, 0.5) is 4.39 Å². The van der Waals surface area contributed by atoms with Gasteiger partial charge < -0.3 is 19.7 Å². The molecule has 1 saturated carbocycles. The van der Waals surface area contributed by atoms with Crippen LogP contribution >= 0.6 is 11.3 Å². The van der Waals surface area contributed by atoms with Gasteiger partial charge in [-0.1, -0.05) is 0 Å². The van der Waals surface area contributed by atoms with Gasteiger partial charge in [-0.25, -0.2) is 14.2 Å². The summed E-state index contributed by atoms with van der Waals surface area (Å²) in [5.41, 5.74) is 0.0491. The molecule has 0 unspecified atom stereocenters. The van der Waals surface area contributed by atoms with Crippen LogP contribution in [0.25, 0.3) is 0 Å². The maximum Gasteiger partial charge on any atom is 0.355 e. The molecule has 2 aliphatic rings. The van der Waals surface area contributed by atoms with E-state index in [1.165, 1.54) is 28.8 Å². The van der Waals surface area contributed by atoms with Gasteiger partial charge in [0.05, 0.1) is 18.8 Å². The molecule has 0 spiro atoms. The van der Waals surface area contributed by atoms with Gasteiger partial charge in [0, 0.05) is 11.8 Å². The van der Waals surface area contributed by atoms with Crippen LogP contribution in [-0.2, 0) is 4.74 Å². The summed E-state index contributed by atoms with van der Waals surface area (Å²) in [4.78, 5) is 15.2. The number of ether oxygens (including phenoxy) is 2. The molecule has 0 radical (unpaired) electrons. The molecule has 6 nitrogen and oxygen atoms in total. The Morgan fingerprint density at radius 1 is 1.32 bits per heavy atom. The van der Waals surface area contributed by atoms with Crippen LogP contribution in [-0.4, -0.2) is 40.0 Å². The van der Waals surface area contributed by atoms with Gasteiger partial charge in [0.2, 0.25) is 0 Å². The molecule has 0 bridgehead atoms. The highest BCUT2D eigenvalue weighted by Crippen LogP contribution is 2.47. The summed E-state index contributed by atoms with van der Waals surface area (Å²) in [6.45, 7) is 0.453. The highest BCUT2D eigenvalue weighted by molar-refractivity contribution is 7.09. The summed E-state index contributed by atoms with van der Waals surface area (Å²) < 4.78 is 24.8. The minimum atomic E-state index is -1.03. The van der Waals surface area contributed by atoms with Crippen LogP contribution in [0.15, 0.2) is 29.6 Å². The summed E-state index contributed by atoms with van der Waals surface area (Å²) in [5.74, 6) is -0.373. The number of aliphatic hydroxyl groups is 1. The monoisotopic (exact) mass is 407 g/mol. The van der Waals surface area contributed by atoms with Gasteiger partial charge in [-0.05, 0) is 55.4 Å². The molecule has 5 atom stereocenters. The number of carbonyl (C=O) groups is 1. The Labute approximate surface area is 165 Å². The van der Waals surface area contributed by atoms with E-state index in [4.69, 9.17) is 14.6 Å². The number of aromatic carboxylic acids is 1. The zero-order chi connectivity index (χ0) is 19.7. The van der Waals surface area contributed by atoms with Gasteiger partial charge in [-0.3, -0.25) is 0 Å². The van der Waals surface area contributed by atoms with Gasteiger partial charge >= 0.3 is 5.97 Å². The van der Waals surface area contributed by atoms with E-state index in [-0.39, 0.29) is 35.6 Å². The molecule has 1 aliphatic carbocycles. The first-order chi connectivity index (χ1) is 13.5. The number of nitrogens with zero attached hydrogens (tertiary/aromatic N) is 1. The fourth-order valence-electron chi connectivity index (χ4n) is 4.29. The van der Waals surface area contributed by atoms with Crippen LogP contribution in [0.3, 0.4) is 0 Å². The largest absolute Gasteiger partial charge is 0.494 e. The van der Waals surface area contributed by atoms with E-state index in [0.717, 1.165) is 12.8 Å². The SMILES string of the molecule is O=C(O)c1csc([C@H]2CC[C@@H]3[C@@H](CCOc4ccc(F)cc4)[C@H](O)C[C@@H]3O2)n1. The third kappa shape index (κ3) is 4.04. The van der Waals surface area contributed by atoms with Crippen LogP contribution in [0, 0.1) is 17.7 Å². The van der Waals surface area contributed by atoms with Crippen molar-refractivity contribution in [2.75, 3.05) is 6.61 Å². The third-order valence-corrected chi connectivity index (χ3v) is 6.58. The first kappa shape index (κ1) is 19.3. The first-order valence-electron chi connectivity index (χ1n) is 9.42. The van der Waals surface area contributed by atoms with Crippen molar-refractivity contribution in [1.29, 1.82) is 0 Å². The van der Waals surface area contributed by atoms with Gasteiger partial charge in [0.1, 0.15) is 22.7 Å². The molecule has 2 heterocycles. The maximum absolute atomic E-state index is 13.0. The molecule has 1 aromatic carbocycles. The van der Waals surface area contributed by atoms with Gasteiger partial charge in [0.15, 0.2) is 5.69 Å². The lowest BCUT2D eigenvalue weighted by atomic mass is 9.85. The van der Waals surface area contributed by atoms with Crippen molar-refractivity contribution in [3.05, 3.63) is 46.2 Å². The molecular formula is C20H22FNO5S. The molecule has 8 heteroatoms. The zero-order valence-electron chi connectivity index (χ0n) is 15.2. The van der Waals surface area contributed by atoms with E-state index in [1.807, 2.05) is 0 Å². The Hall–Kier alpha value is -2.03. The maximum atomic E-state index is 13.0. The van der Waals surface area contributed by atoms with Gasteiger partial charge in [-0.2, -0.15) is 0 Å². The lowest BCUT2D eigenvalue weighted by molar-refractivity contribution is -0.0798. The number of aliphatic hydroxyl groups excluding tert-OH is 1. The van der Waals surface area contributed by atoms with Gasteiger partial charge in [-0.15, -0.1) is 11.3 Å². The Morgan fingerprint density at radius 3 is 2.82 bits per heavy atom. The van der Waals surface area contributed by atoms with Crippen molar-refractivity contribution in [2.24, 2.45) is 11.8 Å². The summed E-state index contributed by atoms with van der Waals surface area (Å²) >= 11 is 1.31. The van der Waals surface area contributed by atoms with Crippen LogP contribution in [0.2, 0.25) is 0 Å². The van der Waals surface area contributed by atoms with E-state index in [0.29, 0.717) is 30.2 Å². The highest BCUT2D eigenvalue weighted by atomic mass is 32.1. The van der Waals surface area contributed by atoms with E-state index in [2.05, 4.69) is 4.98 Å². The number of hydrogen-bond acceptors (Lipinski definition) is 6. The fourth-order valence-corrected chi connectivity index (χ4v) is 5.16. The van der Waals surface area contributed by atoms with Crippen molar-refractivity contribution in [3.8, 4) is 5.75 Å². The Bertz CT molecular complexity index is 826. The molecule has 0 amide bonds. The molecule has 4 rings (SSSR count). The number of benzene rings is 1. The van der Waals surface area contributed by atoms with E-state index in [9.17, 15) is 14.3 Å². The summed E-state index contributed by atoms with van der Waals surface area (Å²) in [5, 5.41) is 21.8. The van der Waals surface area contributed by atoms with E-state index < -0.39 is 12.1 Å². The lowest BCUT2D eigenvalue weighted by Gasteiger charge is -2.34. The number of rotatable bonds is 6. The number of thiazole rings is 1. The van der Waals surface area contributed by atoms with Crippen LogP contribution in [0.5, 0.6) is 5.75 Å². The lowest BCUT2D eigenvalue weighted by Crippen LogP contribution is -2.31. The number of carboxylic acid groups (broad SMARTS) is 1. The fraction of sp³-hybridized carbons (Fsp3) is 0.500. The van der Waals surface area contributed by atoms with E-state index in [1.54, 1.807) is 12.1 Å². The van der Waals surface area contributed by atoms with Crippen molar-refractivity contribution in [3.63, 3.8) is 0 Å². The van der Waals surface area contributed by atoms with Crippen LogP contribution in [0.1, 0.15) is 47.3 Å². The standard InChI is InChI=1S/C20H22FNO5S/c21-11-1-3-12(4-2-11)26-8-7-13-14-5-6-17(27-18(14)9-16(13)23)19-22-15(10-28-19)20(24)25/h1-4,10,13-14,16-18,23H,5-9H2,(H,24,25)/t13-,14-,16-,17-,18+/m1/s1. The molecule has 2 fully saturated rings. The number of halogens is 1. The predicted octanol–water partition coefficient (Wildman–Crippen LogP) is 3.67. The van der Waals surface area contributed by atoms with Crippen molar-refractivity contribution >= 4 is 17.3 Å². The number of aromatic nitrogens is 1. The predicted molar refractivity (Wildman–Crippen MR) is 100 cm³/mol. The molecule has 28 heavy (non-hydrogen) atoms. The Morgan fingerprint density at radius 2 is 2.11 bits per heavy atom. The molecule has 1 aliphatic heterocycles. The average Bonchev–Trinajstić information content (AvgIpc) is 3.28. The minimum absolute atomic E-state index is 0.0491. The Kier molecular flexibility index (Phi) is 5.61. The molecule has 2 aromatic rings. The molecular weight excluding hydrogens is 385 g/mol. The summed E-state index contributed by atoms with van der Waals surface area (Å²) in [7, 11) is 0. The van der Waals surface area contributed by atoms with E-state index >= 15 is 0 Å². The van der Waals surface area contributed by atoms with Gasteiger partial charge in [0.25, 0.3) is 0 Å². The number of hydrogen-bond donors (Lipinski definition) is 2. The van der Waals surface area contributed by atoms with Crippen molar-refractivity contribution < 1.29 is 28.9 Å². The smallest absolute Gasteiger partial charge is 0.355 e. The minimum Gasteiger partial charge on any atom is -0.494 e. The van der Waals surface area contributed by atoms with Crippen molar-refractivity contribution in [2.45, 2.75) is 44.0 Å². The number of fused-ring (bicyclic) bond motifs is 1. The molecule has 1 saturated heterocycles. The second-order valence-corrected chi connectivity index (χ2v) is 8.23. The topological polar surface area (TPSA) is 88.9 Å². The highest BCUT2D eigenvalue weighted by Gasteiger charge is 2.46. The summed E-state index contributed by atoms with van der Waals surface area (Å²) in [6.07, 6.45) is 2.22. The summed E-state index contributed by atoms with van der Waals surface area (Å²) in [6, 6.07) is 5.91. The molecule has 1 aromatic heterocycles.